The summed E-state index contributed by atoms with van der Waals surface area (Å²) in [6.45, 7) is 1.90. The van der Waals surface area contributed by atoms with Crippen LogP contribution in [0.5, 0.6) is 5.75 Å². The van der Waals surface area contributed by atoms with Gasteiger partial charge in [0.1, 0.15) is 5.75 Å². The van der Waals surface area contributed by atoms with Crippen LogP contribution < -0.4 is 10.6 Å². The molecule has 2 amide bonds. The second-order valence-corrected chi connectivity index (χ2v) is 7.27. The van der Waals surface area contributed by atoms with Crippen molar-refractivity contribution in [3.05, 3.63) is 53.6 Å². The lowest BCUT2D eigenvalue weighted by Gasteiger charge is -2.13. The lowest BCUT2D eigenvalue weighted by atomic mass is 10.0. The lowest BCUT2D eigenvalue weighted by Crippen LogP contribution is -2.15. The summed E-state index contributed by atoms with van der Waals surface area (Å²) in [6.07, 6.45) is 6.54. The molecule has 1 saturated carbocycles. The quantitative estimate of drug-likeness (QED) is 0.683. The third kappa shape index (κ3) is 5.33. The van der Waals surface area contributed by atoms with E-state index in [-0.39, 0.29) is 17.6 Å². The standard InChI is InChI=1S/C22H26N2O3/c1-15-6-10-18(23-21(26)13-7-16-4-2-3-5-16)14-20(15)24-22(27)17-8-11-19(25)12-9-17/h6,8-12,14,16,25H,2-5,7,13H2,1H3,(H,23,26)(H,24,27). The molecule has 1 fully saturated rings. The summed E-state index contributed by atoms with van der Waals surface area (Å²) in [6, 6.07) is 11.6. The fourth-order valence-electron chi connectivity index (χ4n) is 3.50. The van der Waals surface area contributed by atoms with Crippen molar-refractivity contribution >= 4 is 23.2 Å². The Morgan fingerprint density at radius 2 is 1.74 bits per heavy atom. The first kappa shape index (κ1) is 19.0. The molecule has 0 aliphatic heterocycles. The Hall–Kier alpha value is -2.82. The average Bonchev–Trinajstić information content (AvgIpc) is 3.17. The second-order valence-electron chi connectivity index (χ2n) is 7.27. The molecule has 0 atom stereocenters. The molecule has 142 valence electrons. The number of phenols is 1. The molecule has 2 aromatic rings. The number of phenolic OH excluding ortho intramolecular Hbond substituents is 1. The first-order valence-electron chi connectivity index (χ1n) is 9.52. The van der Waals surface area contributed by atoms with Crippen LogP contribution in [0.1, 0.15) is 54.4 Å². The van der Waals surface area contributed by atoms with Crippen molar-refractivity contribution in [2.45, 2.75) is 45.4 Å². The normalized spacial score (nSPS) is 14.1. The molecule has 0 spiro atoms. The van der Waals surface area contributed by atoms with Crippen molar-refractivity contribution in [3.8, 4) is 5.75 Å². The van der Waals surface area contributed by atoms with E-state index in [1.54, 1.807) is 18.2 Å². The van der Waals surface area contributed by atoms with Crippen molar-refractivity contribution in [2.75, 3.05) is 10.6 Å². The smallest absolute Gasteiger partial charge is 0.255 e. The summed E-state index contributed by atoms with van der Waals surface area (Å²) in [5.41, 5.74) is 2.70. The SMILES string of the molecule is Cc1ccc(NC(=O)CCC2CCCC2)cc1NC(=O)c1ccc(O)cc1. The number of carbonyl (C=O) groups excluding carboxylic acids is 2. The molecule has 0 aromatic heterocycles. The van der Waals surface area contributed by atoms with Crippen LogP contribution in [0.3, 0.4) is 0 Å². The number of anilines is 2. The van der Waals surface area contributed by atoms with Gasteiger partial charge in [-0.15, -0.1) is 0 Å². The average molecular weight is 366 g/mol. The molecular weight excluding hydrogens is 340 g/mol. The third-order valence-corrected chi connectivity index (χ3v) is 5.15. The highest BCUT2D eigenvalue weighted by molar-refractivity contribution is 6.05. The maximum atomic E-state index is 12.4. The van der Waals surface area contributed by atoms with Gasteiger partial charge in [0, 0.05) is 23.4 Å². The van der Waals surface area contributed by atoms with Crippen molar-refractivity contribution < 1.29 is 14.7 Å². The predicted molar refractivity (Wildman–Crippen MR) is 107 cm³/mol. The Labute approximate surface area is 159 Å². The molecule has 2 aromatic carbocycles. The summed E-state index contributed by atoms with van der Waals surface area (Å²) in [5, 5.41) is 15.1. The Morgan fingerprint density at radius 1 is 1.04 bits per heavy atom. The van der Waals surface area contributed by atoms with E-state index >= 15 is 0 Å². The molecular formula is C22H26N2O3. The summed E-state index contributed by atoms with van der Waals surface area (Å²) in [5.74, 6) is 0.559. The van der Waals surface area contributed by atoms with E-state index in [0.29, 0.717) is 29.3 Å². The number of nitrogens with one attached hydrogen (secondary N) is 2. The van der Waals surface area contributed by atoms with Gasteiger partial charge in [0.2, 0.25) is 5.91 Å². The van der Waals surface area contributed by atoms with Gasteiger partial charge in [0.15, 0.2) is 0 Å². The van der Waals surface area contributed by atoms with Crippen molar-refractivity contribution in [3.63, 3.8) is 0 Å². The molecule has 0 heterocycles. The fraction of sp³-hybridized carbons (Fsp3) is 0.364. The Bertz CT molecular complexity index is 809. The zero-order valence-corrected chi connectivity index (χ0v) is 15.6. The van der Waals surface area contributed by atoms with Crippen molar-refractivity contribution in [1.82, 2.24) is 0 Å². The van der Waals surface area contributed by atoms with Crippen molar-refractivity contribution in [1.29, 1.82) is 0 Å². The highest BCUT2D eigenvalue weighted by Gasteiger charge is 2.16. The van der Waals surface area contributed by atoms with Crippen LogP contribution in [0.25, 0.3) is 0 Å². The highest BCUT2D eigenvalue weighted by atomic mass is 16.3. The highest BCUT2D eigenvalue weighted by Crippen LogP contribution is 2.29. The van der Waals surface area contributed by atoms with Gasteiger partial charge in [0.05, 0.1) is 0 Å². The van der Waals surface area contributed by atoms with Gasteiger partial charge in [-0.25, -0.2) is 0 Å². The molecule has 27 heavy (non-hydrogen) atoms. The lowest BCUT2D eigenvalue weighted by molar-refractivity contribution is -0.116. The van der Waals surface area contributed by atoms with Gasteiger partial charge in [-0.1, -0.05) is 31.7 Å². The minimum atomic E-state index is -0.261. The van der Waals surface area contributed by atoms with Gasteiger partial charge < -0.3 is 15.7 Å². The van der Waals surface area contributed by atoms with Gasteiger partial charge in [0.25, 0.3) is 5.91 Å². The molecule has 3 N–H and O–H groups in total. The number of hydrogen-bond acceptors (Lipinski definition) is 3. The van der Waals surface area contributed by atoms with Crippen LogP contribution in [0, 0.1) is 12.8 Å². The number of hydrogen-bond donors (Lipinski definition) is 3. The molecule has 0 radical (unpaired) electrons. The van der Waals surface area contributed by atoms with E-state index in [4.69, 9.17) is 0 Å². The number of carbonyl (C=O) groups is 2. The number of aryl methyl sites for hydroxylation is 1. The molecule has 1 aliphatic rings. The Morgan fingerprint density at radius 3 is 2.44 bits per heavy atom. The van der Waals surface area contributed by atoms with E-state index in [1.165, 1.54) is 37.8 Å². The zero-order chi connectivity index (χ0) is 19.2. The summed E-state index contributed by atoms with van der Waals surface area (Å²) in [4.78, 5) is 24.6. The zero-order valence-electron chi connectivity index (χ0n) is 15.6. The first-order chi connectivity index (χ1) is 13.0. The Kier molecular flexibility index (Phi) is 6.12. The maximum Gasteiger partial charge on any atom is 0.255 e. The fourth-order valence-corrected chi connectivity index (χ4v) is 3.50. The van der Waals surface area contributed by atoms with E-state index in [9.17, 15) is 14.7 Å². The minimum Gasteiger partial charge on any atom is -0.508 e. The molecule has 5 heteroatoms. The Balaban J connectivity index is 1.60. The predicted octanol–water partition coefficient (Wildman–Crippen LogP) is 4.86. The minimum absolute atomic E-state index is 0.0153. The van der Waals surface area contributed by atoms with E-state index in [0.717, 1.165) is 12.0 Å². The van der Waals surface area contributed by atoms with Crippen LogP contribution in [-0.2, 0) is 4.79 Å². The summed E-state index contributed by atoms with van der Waals surface area (Å²) in [7, 11) is 0. The molecule has 1 aliphatic carbocycles. The maximum absolute atomic E-state index is 12.4. The number of aromatic hydroxyl groups is 1. The van der Waals surface area contributed by atoms with Crippen LogP contribution >= 0.6 is 0 Å². The second kappa shape index (κ2) is 8.71. The monoisotopic (exact) mass is 366 g/mol. The topological polar surface area (TPSA) is 78.4 Å². The number of benzene rings is 2. The molecule has 5 nitrogen and oxygen atoms in total. The summed E-state index contributed by atoms with van der Waals surface area (Å²) >= 11 is 0. The summed E-state index contributed by atoms with van der Waals surface area (Å²) < 4.78 is 0. The third-order valence-electron chi connectivity index (χ3n) is 5.15. The van der Waals surface area contributed by atoms with Crippen LogP contribution in [-0.4, -0.2) is 16.9 Å². The number of rotatable bonds is 6. The van der Waals surface area contributed by atoms with Crippen LogP contribution in [0.15, 0.2) is 42.5 Å². The molecule has 0 saturated heterocycles. The van der Waals surface area contributed by atoms with E-state index in [1.807, 2.05) is 19.1 Å². The van der Waals surface area contributed by atoms with Gasteiger partial charge in [-0.2, -0.15) is 0 Å². The largest absolute Gasteiger partial charge is 0.508 e. The van der Waals surface area contributed by atoms with Gasteiger partial charge >= 0.3 is 0 Å². The molecule has 0 unspecified atom stereocenters. The molecule has 3 rings (SSSR count). The molecule has 0 bridgehead atoms. The van der Waals surface area contributed by atoms with Gasteiger partial charge in [-0.05, 0) is 61.2 Å². The van der Waals surface area contributed by atoms with Crippen molar-refractivity contribution in [2.24, 2.45) is 5.92 Å². The van der Waals surface area contributed by atoms with E-state index < -0.39 is 0 Å². The van der Waals surface area contributed by atoms with Crippen LogP contribution in [0.4, 0.5) is 11.4 Å². The van der Waals surface area contributed by atoms with Crippen LogP contribution in [0.2, 0.25) is 0 Å². The van der Waals surface area contributed by atoms with Gasteiger partial charge in [-0.3, -0.25) is 9.59 Å². The first-order valence-corrected chi connectivity index (χ1v) is 9.52. The number of amides is 2. The van der Waals surface area contributed by atoms with E-state index in [2.05, 4.69) is 10.6 Å².